The van der Waals surface area contributed by atoms with Gasteiger partial charge in [-0.3, -0.25) is 4.98 Å². The van der Waals surface area contributed by atoms with E-state index >= 15 is 0 Å². The first-order chi connectivity index (χ1) is 9.74. The van der Waals surface area contributed by atoms with E-state index in [-0.39, 0.29) is 0 Å². The van der Waals surface area contributed by atoms with E-state index in [4.69, 9.17) is 0 Å². The summed E-state index contributed by atoms with van der Waals surface area (Å²) in [5.41, 5.74) is 2.90. The highest BCUT2D eigenvalue weighted by atomic mass is 15.3. The summed E-state index contributed by atoms with van der Waals surface area (Å²) in [6, 6.07) is 8.27. The average Bonchev–Trinajstić information content (AvgIpc) is 2.89. The first-order valence-electron chi connectivity index (χ1n) is 6.71. The van der Waals surface area contributed by atoms with Crippen molar-refractivity contribution >= 4 is 16.7 Å². The van der Waals surface area contributed by atoms with Gasteiger partial charge in [-0.1, -0.05) is 6.07 Å². The number of fused-ring (bicyclic) bond motifs is 1. The topological polar surface area (TPSA) is 55.6 Å². The highest BCUT2D eigenvalue weighted by molar-refractivity contribution is 5.78. The molecule has 0 aromatic carbocycles. The third-order valence-corrected chi connectivity index (χ3v) is 3.12. The maximum absolute atomic E-state index is 4.49. The van der Waals surface area contributed by atoms with E-state index < -0.39 is 0 Å². The lowest BCUT2D eigenvalue weighted by Crippen LogP contribution is -2.04. The predicted octanol–water partition coefficient (Wildman–Crippen LogP) is 3.02. The number of nitrogens with zero attached hydrogens (tertiary/aromatic N) is 4. The van der Waals surface area contributed by atoms with E-state index in [0.29, 0.717) is 12.6 Å². The first-order valence-corrected chi connectivity index (χ1v) is 6.71. The largest absolute Gasteiger partial charge is 0.378 e. The van der Waals surface area contributed by atoms with Crippen LogP contribution in [0.3, 0.4) is 0 Å². The Morgan fingerprint density at radius 2 is 2.10 bits per heavy atom. The molecule has 0 amide bonds. The van der Waals surface area contributed by atoms with Gasteiger partial charge in [0.1, 0.15) is 0 Å². The number of aromatic nitrogens is 4. The minimum Gasteiger partial charge on any atom is -0.378 e. The summed E-state index contributed by atoms with van der Waals surface area (Å²) in [4.78, 5) is 8.78. The van der Waals surface area contributed by atoms with Crippen molar-refractivity contribution in [2.75, 3.05) is 5.32 Å². The minimum absolute atomic E-state index is 0.312. The Balaban J connectivity index is 1.80. The summed E-state index contributed by atoms with van der Waals surface area (Å²) >= 11 is 0. The summed E-state index contributed by atoms with van der Waals surface area (Å²) in [6.45, 7) is 4.88. The molecule has 0 aliphatic heterocycles. The van der Waals surface area contributed by atoms with Gasteiger partial charge >= 0.3 is 0 Å². The van der Waals surface area contributed by atoms with Crippen LogP contribution in [-0.2, 0) is 6.54 Å². The Labute approximate surface area is 117 Å². The quantitative estimate of drug-likeness (QED) is 0.789. The molecule has 3 aromatic rings. The Hall–Kier alpha value is -2.43. The van der Waals surface area contributed by atoms with Crippen molar-refractivity contribution < 1.29 is 0 Å². The van der Waals surface area contributed by atoms with Crippen molar-refractivity contribution in [2.45, 2.75) is 26.4 Å². The number of anilines is 1. The Morgan fingerprint density at radius 1 is 1.20 bits per heavy atom. The fourth-order valence-corrected chi connectivity index (χ4v) is 2.11. The normalized spacial score (nSPS) is 11.2. The molecule has 3 rings (SSSR count). The molecule has 0 fully saturated rings. The van der Waals surface area contributed by atoms with Crippen LogP contribution in [0.5, 0.6) is 0 Å². The number of rotatable bonds is 4. The third-order valence-electron chi connectivity index (χ3n) is 3.12. The fourth-order valence-electron chi connectivity index (χ4n) is 2.11. The number of hydrogen-bond acceptors (Lipinski definition) is 4. The molecule has 0 radical (unpaired) electrons. The second kappa shape index (κ2) is 5.28. The van der Waals surface area contributed by atoms with E-state index in [9.17, 15) is 0 Å². The molecule has 0 atom stereocenters. The van der Waals surface area contributed by atoms with Gasteiger partial charge in [-0.15, -0.1) is 0 Å². The zero-order chi connectivity index (χ0) is 13.9. The summed E-state index contributed by atoms with van der Waals surface area (Å²) in [5, 5.41) is 8.74. The maximum Gasteiger partial charge on any atom is 0.158 e. The third kappa shape index (κ3) is 2.47. The predicted molar refractivity (Wildman–Crippen MR) is 79.5 cm³/mol. The lowest BCUT2D eigenvalue weighted by Gasteiger charge is -2.08. The molecule has 3 heterocycles. The van der Waals surface area contributed by atoms with E-state index in [1.165, 1.54) is 0 Å². The van der Waals surface area contributed by atoms with Gasteiger partial charge in [-0.05, 0) is 32.0 Å². The van der Waals surface area contributed by atoms with E-state index in [2.05, 4.69) is 40.3 Å². The van der Waals surface area contributed by atoms with Gasteiger partial charge in [0.15, 0.2) is 5.65 Å². The fraction of sp³-hybridized carbons (Fsp3) is 0.267. The van der Waals surface area contributed by atoms with Crippen molar-refractivity contribution in [1.29, 1.82) is 0 Å². The molecule has 0 saturated carbocycles. The summed E-state index contributed by atoms with van der Waals surface area (Å²) < 4.78 is 1.93. The van der Waals surface area contributed by atoms with Crippen LogP contribution in [0, 0.1) is 0 Å². The molecule has 5 nitrogen and oxygen atoms in total. The molecule has 0 unspecified atom stereocenters. The second-order valence-corrected chi connectivity index (χ2v) is 4.99. The van der Waals surface area contributed by atoms with Crippen molar-refractivity contribution in [1.82, 2.24) is 19.7 Å². The van der Waals surface area contributed by atoms with E-state index in [0.717, 1.165) is 22.4 Å². The molecular weight excluding hydrogens is 250 g/mol. The van der Waals surface area contributed by atoms with Crippen LogP contribution < -0.4 is 5.32 Å². The smallest absolute Gasteiger partial charge is 0.158 e. The van der Waals surface area contributed by atoms with Crippen LogP contribution in [0.2, 0.25) is 0 Å². The second-order valence-electron chi connectivity index (χ2n) is 4.99. The maximum atomic E-state index is 4.49. The van der Waals surface area contributed by atoms with Gasteiger partial charge in [-0.2, -0.15) is 5.10 Å². The van der Waals surface area contributed by atoms with Crippen LogP contribution in [0.1, 0.15) is 25.6 Å². The molecule has 0 spiro atoms. The van der Waals surface area contributed by atoms with Crippen molar-refractivity contribution in [2.24, 2.45) is 0 Å². The van der Waals surface area contributed by atoms with Crippen molar-refractivity contribution in [3.8, 4) is 0 Å². The van der Waals surface area contributed by atoms with Crippen LogP contribution >= 0.6 is 0 Å². The van der Waals surface area contributed by atoms with Gasteiger partial charge in [0.25, 0.3) is 0 Å². The SMILES string of the molecule is CC(C)n1ncc2cc(NCc3ccccn3)cnc21. The van der Waals surface area contributed by atoms with Crippen LogP contribution in [-0.4, -0.2) is 19.7 Å². The number of pyridine rings is 2. The Morgan fingerprint density at radius 3 is 2.85 bits per heavy atom. The summed E-state index contributed by atoms with van der Waals surface area (Å²) in [7, 11) is 0. The molecule has 0 bridgehead atoms. The zero-order valence-corrected chi connectivity index (χ0v) is 11.6. The van der Waals surface area contributed by atoms with Gasteiger partial charge in [0.05, 0.1) is 30.3 Å². The van der Waals surface area contributed by atoms with E-state index in [1.807, 2.05) is 35.3 Å². The monoisotopic (exact) mass is 267 g/mol. The van der Waals surface area contributed by atoms with Crippen LogP contribution in [0.25, 0.3) is 11.0 Å². The zero-order valence-electron chi connectivity index (χ0n) is 11.6. The lowest BCUT2D eigenvalue weighted by atomic mass is 10.3. The molecule has 102 valence electrons. The Bertz CT molecular complexity index is 703. The van der Waals surface area contributed by atoms with Crippen molar-refractivity contribution in [3.05, 3.63) is 48.5 Å². The molecule has 5 heteroatoms. The molecular formula is C15H17N5. The average molecular weight is 267 g/mol. The van der Waals surface area contributed by atoms with Gasteiger partial charge in [0.2, 0.25) is 0 Å². The van der Waals surface area contributed by atoms with Crippen LogP contribution in [0.15, 0.2) is 42.9 Å². The number of nitrogens with one attached hydrogen (secondary N) is 1. The molecule has 3 aromatic heterocycles. The molecule has 0 aliphatic carbocycles. The molecule has 20 heavy (non-hydrogen) atoms. The van der Waals surface area contributed by atoms with Crippen LogP contribution in [0.4, 0.5) is 5.69 Å². The van der Waals surface area contributed by atoms with E-state index in [1.54, 1.807) is 6.20 Å². The first kappa shape index (κ1) is 12.6. The molecule has 1 N–H and O–H groups in total. The van der Waals surface area contributed by atoms with Gasteiger partial charge in [-0.25, -0.2) is 9.67 Å². The molecule has 0 aliphatic rings. The standard InChI is InChI=1S/C15H17N5/c1-11(2)20-15-12(8-19-20)7-14(10-18-15)17-9-13-5-3-4-6-16-13/h3-8,10-11,17H,9H2,1-2H3. The summed E-state index contributed by atoms with van der Waals surface area (Å²) in [6.07, 6.45) is 5.49. The number of hydrogen-bond donors (Lipinski definition) is 1. The van der Waals surface area contributed by atoms with Gasteiger partial charge in [0, 0.05) is 17.6 Å². The molecule has 0 saturated heterocycles. The summed E-state index contributed by atoms with van der Waals surface area (Å²) in [5.74, 6) is 0. The highest BCUT2D eigenvalue weighted by Gasteiger charge is 2.07. The highest BCUT2D eigenvalue weighted by Crippen LogP contribution is 2.19. The van der Waals surface area contributed by atoms with Gasteiger partial charge < -0.3 is 5.32 Å². The Kier molecular flexibility index (Phi) is 3.33. The van der Waals surface area contributed by atoms with Crippen molar-refractivity contribution in [3.63, 3.8) is 0 Å². The minimum atomic E-state index is 0.312. The lowest BCUT2D eigenvalue weighted by molar-refractivity contribution is 0.546.